The van der Waals surface area contributed by atoms with Crippen LogP contribution in [-0.2, 0) is 0 Å². The number of rotatable bonds is 1. The van der Waals surface area contributed by atoms with Crippen LogP contribution in [0.4, 0.5) is 0 Å². The Morgan fingerprint density at radius 3 is 2.80 bits per heavy atom. The highest BCUT2D eigenvalue weighted by Gasteiger charge is 1.98. The van der Waals surface area contributed by atoms with E-state index in [-0.39, 0.29) is 5.75 Å². The van der Waals surface area contributed by atoms with E-state index in [0.717, 1.165) is 5.03 Å². The van der Waals surface area contributed by atoms with Crippen LogP contribution in [0.15, 0.2) is 21.8 Å². The van der Waals surface area contributed by atoms with Crippen LogP contribution in [0.1, 0.15) is 0 Å². The molecule has 10 heavy (non-hydrogen) atoms. The molecule has 2 nitrogen and oxygen atoms in total. The van der Waals surface area contributed by atoms with E-state index in [4.69, 9.17) is 5.11 Å². The first kappa shape index (κ1) is 7.88. The highest BCUT2D eigenvalue weighted by molar-refractivity contribution is 9.10. The molecule has 4 heteroatoms. The Morgan fingerprint density at radius 1 is 1.60 bits per heavy atom. The zero-order chi connectivity index (χ0) is 7.56. The second kappa shape index (κ2) is 3.25. The molecular formula is C6H6BrNOS. The second-order valence-electron chi connectivity index (χ2n) is 1.66. The van der Waals surface area contributed by atoms with Gasteiger partial charge in [0.15, 0.2) is 0 Å². The number of aromatic hydroxyl groups is 1. The zero-order valence-corrected chi connectivity index (χ0v) is 7.74. The number of halogens is 1. The molecule has 0 bridgehead atoms. The van der Waals surface area contributed by atoms with Crippen LogP contribution in [0.25, 0.3) is 0 Å². The summed E-state index contributed by atoms with van der Waals surface area (Å²) in [6.07, 6.45) is 1.94. The molecule has 0 radical (unpaired) electrons. The summed E-state index contributed by atoms with van der Waals surface area (Å²) < 4.78 is 0.499. The van der Waals surface area contributed by atoms with Gasteiger partial charge >= 0.3 is 0 Å². The molecule has 0 amide bonds. The van der Waals surface area contributed by atoms with Crippen molar-refractivity contribution in [2.24, 2.45) is 0 Å². The van der Waals surface area contributed by atoms with Gasteiger partial charge in [0.2, 0.25) is 0 Å². The molecule has 0 saturated heterocycles. The first-order valence-electron chi connectivity index (χ1n) is 2.63. The molecule has 0 saturated carbocycles. The SMILES string of the molecule is CSc1ccc(O)c(Br)n1. The molecule has 0 fully saturated rings. The summed E-state index contributed by atoms with van der Waals surface area (Å²) in [5.74, 6) is 0.179. The van der Waals surface area contributed by atoms with Crippen molar-refractivity contribution in [3.8, 4) is 5.75 Å². The summed E-state index contributed by atoms with van der Waals surface area (Å²) in [5.41, 5.74) is 0. The maximum atomic E-state index is 9.02. The highest BCUT2D eigenvalue weighted by atomic mass is 79.9. The van der Waals surface area contributed by atoms with Gasteiger partial charge in [0.05, 0.1) is 5.03 Å². The van der Waals surface area contributed by atoms with Gasteiger partial charge < -0.3 is 5.11 Å². The fraction of sp³-hybridized carbons (Fsp3) is 0.167. The molecule has 1 aromatic heterocycles. The van der Waals surface area contributed by atoms with Crippen molar-refractivity contribution in [1.82, 2.24) is 4.98 Å². The minimum absolute atomic E-state index is 0.179. The number of hydrogen-bond donors (Lipinski definition) is 1. The minimum atomic E-state index is 0.179. The van der Waals surface area contributed by atoms with Gasteiger partial charge in [-0.1, -0.05) is 0 Å². The lowest BCUT2D eigenvalue weighted by atomic mass is 10.5. The Kier molecular flexibility index (Phi) is 2.56. The van der Waals surface area contributed by atoms with Gasteiger partial charge in [-0.25, -0.2) is 4.98 Å². The van der Waals surface area contributed by atoms with Gasteiger partial charge in [0.25, 0.3) is 0 Å². The Bertz CT molecular complexity index is 241. The molecule has 1 rings (SSSR count). The fourth-order valence-electron chi connectivity index (χ4n) is 0.524. The monoisotopic (exact) mass is 219 g/mol. The van der Waals surface area contributed by atoms with E-state index in [1.165, 1.54) is 11.8 Å². The maximum Gasteiger partial charge on any atom is 0.149 e. The molecule has 1 aromatic rings. The summed E-state index contributed by atoms with van der Waals surface area (Å²) in [4.78, 5) is 4.02. The molecule has 0 aliphatic carbocycles. The first-order valence-corrected chi connectivity index (χ1v) is 4.65. The Morgan fingerprint density at radius 2 is 2.30 bits per heavy atom. The van der Waals surface area contributed by atoms with Crippen molar-refractivity contribution in [1.29, 1.82) is 0 Å². The number of nitrogens with zero attached hydrogens (tertiary/aromatic N) is 1. The summed E-state index contributed by atoms with van der Waals surface area (Å²) in [6.45, 7) is 0. The average Bonchev–Trinajstić information content (AvgIpc) is 1.95. The van der Waals surface area contributed by atoms with E-state index in [1.807, 2.05) is 6.26 Å². The number of pyridine rings is 1. The van der Waals surface area contributed by atoms with E-state index in [0.29, 0.717) is 4.60 Å². The predicted octanol–water partition coefficient (Wildman–Crippen LogP) is 2.27. The number of thioether (sulfide) groups is 1. The molecule has 54 valence electrons. The van der Waals surface area contributed by atoms with Crippen molar-refractivity contribution in [2.45, 2.75) is 5.03 Å². The maximum absolute atomic E-state index is 9.02. The van der Waals surface area contributed by atoms with E-state index in [9.17, 15) is 0 Å². The van der Waals surface area contributed by atoms with E-state index in [1.54, 1.807) is 12.1 Å². The third-order valence-electron chi connectivity index (χ3n) is 1.01. The molecule has 1 heterocycles. The van der Waals surface area contributed by atoms with Gasteiger partial charge in [-0.05, 0) is 34.3 Å². The van der Waals surface area contributed by atoms with Crippen LogP contribution in [-0.4, -0.2) is 16.3 Å². The van der Waals surface area contributed by atoms with Gasteiger partial charge in [-0.3, -0.25) is 0 Å². The second-order valence-corrected chi connectivity index (χ2v) is 3.24. The quantitative estimate of drug-likeness (QED) is 0.582. The summed E-state index contributed by atoms with van der Waals surface area (Å²) in [7, 11) is 0. The Balaban J connectivity index is 3.04. The van der Waals surface area contributed by atoms with Crippen molar-refractivity contribution >= 4 is 27.7 Å². The molecule has 1 N–H and O–H groups in total. The van der Waals surface area contributed by atoms with Crippen LogP contribution < -0.4 is 0 Å². The lowest BCUT2D eigenvalue weighted by molar-refractivity contribution is 0.467. The van der Waals surface area contributed by atoms with Crippen LogP contribution in [0, 0.1) is 0 Å². The summed E-state index contributed by atoms with van der Waals surface area (Å²) in [5, 5.41) is 9.91. The molecule has 0 spiro atoms. The molecular weight excluding hydrogens is 214 g/mol. The van der Waals surface area contributed by atoms with Crippen LogP contribution in [0.2, 0.25) is 0 Å². The third-order valence-corrected chi connectivity index (χ3v) is 2.24. The van der Waals surface area contributed by atoms with E-state index < -0.39 is 0 Å². The smallest absolute Gasteiger partial charge is 0.149 e. The van der Waals surface area contributed by atoms with Crippen molar-refractivity contribution in [2.75, 3.05) is 6.26 Å². The summed E-state index contributed by atoms with van der Waals surface area (Å²) >= 11 is 4.65. The largest absolute Gasteiger partial charge is 0.505 e. The molecule has 0 aromatic carbocycles. The van der Waals surface area contributed by atoms with Crippen LogP contribution in [0.3, 0.4) is 0 Å². The zero-order valence-electron chi connectivity index (χ0n) is 5.34. The molecule has 0 atom stereocenters. The number of aromatic nitrogens is 1. The standard InChI is InChI=1S/C6H6BrNOS/c1-10-5-3-2-4(9)6(7)8-5/h2-3,9H,1H3. The normalized spacial score (nSPS) is 9.80. The lowest BCUT2D eigenvalue weighted by Gasteiger charge is -1.97. The van der Waals surface area contributed by atoms with E-state index in [2.05, 4.69) is 20.9 Å². The van der Waals surface area contributed by atoms with Crippen molar-refractivity contribution in [3.05, 3.63) is 16.7 Å². The fourth-order valence-corrected chi connectivity index (χ4v) is 1.35. The Labute approximate surface area is 71.8 Å². The third kappa shape index (κ3) is 1.64. The van der Waals surface area contributed by atoms with E-state index >= 15 is 0 Å². The van der Waals surface area contributed by atoms with Gasteiger partial charge in [-0.15, -0.1) is 11.8 Å². The Hall–Kier alpha value is -0.220. The predicted molar refractivity (Wildman–Crippen MR) is 45.4 cm³/mol. The summed E-state index contributed by atoms with van der Waals surface area (Å²) in [6, 6.07) is 3.38. The minimum Gasteiger partial charge on any atom is -0.505 e. The average molecular weight is 220 g/mol. The molecule has 0 aliphatic rings. The molecule has 0 unspecified atom stereocenters. The van der Waals surface area contributed by atoms with Crippen LogP contribution >= 0.6 is 27.7 Å². The van der Waals surface area contributed by atoms with Gasteiger partial charge in [0, 0.05) is 0 Å². The topological polar surface area (TPSA) is 33.1 Å². The van der Waals surface area contributed by atoms with Crippen LogP contribution in [0.5, 0.6) is 5.75 Å². The van der Waals surface area contributed by atoms with Crippen molar-refractivity contribution in [3.63, 3.8) is 0 Å². The highest BCUT2D eigenvalue weighted by Crippen LogP contribution is 2.23. The van der Waals surface area contributed by atoms with Gasteiger partial charge in [-0.2, -0.15) is 0 Å². The first-order chi connectivity index (χ1) is 4.74. The van der Waals surface area contributed by atoms with Crippen molar-refractivity contribution < 1.29 is 5.11 Å². The van der Waals surface area contributed by atoms with Gasteiger partial charge in [0.1, 0.15) is 10.4 Å². The number of hydrogen-bond acceptors (Lipinski definition) is 3. The lowest BCUT2D eigenvalue weighted by Crippen LogP contribution is -1.79. The molecule has 0 aliphatic heterocycles.